The molecule has 0 aromatic heterocycles. The fourth-order valence-electron chi connectivity index (χ4n) is 5.83. The van der Waals surface area contributed by atoms with Crippen LogP contribution in [0.25, 0.3) is 0 Å². The minimum absolute atomic E-state index is 0.0659. The van der Waals surface area contributed by atoms with Gasteiger partial charge in [-0.05, 0) is 67.0 Å². The molecule has 2 amide bonds. The molecule has 0 bridgehead atoms. The maximum Gasteiger partial charge on any atom is 0.410 e. The van der Waals surface area contributed by atoms with E-state index in [4.69, 9.17) is 16.2 Å². The van der Waals surface area contributed by atoms with E-state index in [0.29, 0.717) is 18.5 Å². The van der Waals surface area contributed by atoms with Gasteiger partial charge in [0.05, 0.1) is 31.3 Å². The predicted molar refractivity (Wildman–Crippen MR) is 182 cm³/mol. The molecule has 0 fully saturated rings. The lowest BCUT2D eigenvalue weighted by atomic mass is 9.83. The molecule has 2 unspecified atom stereocenters. The Morgan fingerprint density at radius 1 is 0.809 bits per heavy atom. The van der Waals surface area contributed by atoms with E-state index in [2.05, 4.69) is 0 Å². The first-order valence-electron chi connectivity index (χ1n) is 15.8. The number of carbonyl (C=O) groups is 2. The third-order valence-electron chi connectivity index (χ3n) is 8.32. The summed E-state index contributed by atoms with van der Waals surface area (Å²) >= 11 is 0. The Bertz CT molecular complexity index is 1470. The molecule has 256 valence electrons. The Morgan fingerprint density at radius 3 is 1.77 bits per heavy atom. The number of nitrogens with zero attached hydrogens (tertiary/aromatic N) is 2. The standard InChI is InChI=1S/C35H48N4O7S/c1-25(2)21-22-38(47(44,45)31-19-17-28(36)18-20-31)29(23-40)15-10-16-30(24-41)39(35(43)46-3)33(34(37)42)32(26-11-6-4-7-12-26)27-13-8-5-9-14-27/h4-9,11-14,17-20,25,29-30,32-33,40-41H,10,15-16,21-24,36H2,1-3H3,(H2,37,42)/t29?,30?,33-/m0/s1. The van der Waals surface area contributed by atoms with Crippen molar-refractivity contribution >= 4 is 27.7 Å². The Balaban J connectivity index is 1.94. The lowest BCUT2D eigenvalue weighted by Crippen LogP contribution is -2.56. The maximum atomic E-state index is 13.8. The van der Waals surface area contributed by atoms with E-state index < -0.39 is 59.3 Å². The average Bonchev–Trinajstić information content (AvgIpc) is 3.06. The number of hydrogen-bond donors (Lipinski definition) is 4. The highest BCUT2D eigenvalue weighted by Crippen LogP contribution is 2.33. The van der Waals surface area contributed by atoms with Gasteiger partial charge >= 0.3 is 6.09 Å². The number of primary amides is 1. The van der Waals surface area contributed by atoms with Gasteiger partial charge in [-0.2, -0.15) is 4.31 Å². The second-order valence-electron chi connectivity index (χ2n) is 12.0. The number of nitrogen functional groups attached to an aromatic ring is 1. The summed E-state index contributed by atoms with van der Waals surface area (Å²) in [4.78, 5) is 27.9. The molecule has 6 N–H and O–H groups in total. The molecule has 3 aromatic carbocycles. The average molecular weight is 669 g/mol. The molecule has 11 nitrogen and oxygen atoms in total. The van der Waals surface area contributed by atoms with Gasteiger partial charge in [-0.25, -0.2) is 13.2 Å². The highest BCUT2D eigenvalue weighted by Gasteiger charge is 2.41. The van der Waals surface area contributed by atoms with Crippen LogP contribution in [0.5, 0.6) is 0 Å². The highest BCUT2D eigenvalue weighted by molar-refractivity contribution is 7.89. The van der Waals surface area contributed by atoms with E-state index in [9.17, 15) is 28.2 Å². The molecule has 0 aliphatic rings. The van der Waals surface area contributed by atoms with Gasteiger partial charge in [0.25, 0.3) is 0 Å². The van der Waals surface area contributed by atoms with Gasteiger partial charge < -0.3 is 26.4 Å². The van der Waals surface area contributed by atoms with Crippen molar-refractivity contribution < 1.29 is 33.0 Å². The Hall–Kier alpha value is -3.97. The quantitative estimate of drug-likeness (QED) is 0.147. The predicted octanol–water partition coefficient (Wildman–Crippen LogP) is 3.95. The molecule has 12 heteroatoms. The lowest BCUT2D eigenvalue weighted by Gasteiger charge is -2.39. The molecule has 0 aliphatic carbocycles. The van der Waals surface area contributed by atoms with Crippen molar-refractivity contribution in [3.05, 3.63) is 96.1 Å². The van der Waals surface area contributed by atoms with Crippen molar-refractivity contribution in [2.45, 2.75) is 68.5 Å². The fourth-order valence-corrected chi connectivity index (χ4v) is 7.49. The van der Waals surface area contributed by atoms with Gasteiger partial charge in [0.15, 0.2) is 0 Å². The van der Waals surface area contributed by atoms with Crippen LogP contribution >= 0.6 is 0 Å². The minimum atomic E-state index is -3.99. The van der Waals surface area contributed by atoms with Crippen molar-refractivity contribution in [3.63, 3.8) is 0 Å². The summed E-state index contributed by atoms with van der Waals surface area (Å²) in [6.07, 6.45) is 0.415. The molecule has 3 rings (SSSR count). The molecule has 0 saturated carbocycles. The van der Waals surface area contributed by atoms with Crippen molar-refractivity contribution in [3.8, 4) is 0 Å². The Morgan fingerprint density at radius 2 is 1.32 bits per heavy atom. The van der Waals surface area contributed by atoms with E-state index in [0.717, 1.165) is 11.1 Å². The maximum absolute atomic E-state index is 13.8. The van der Waals surface area contributed by atoms with E-state index in [-0.39, 0.29) is 30.2 Å². The second-order valence-corrected chi connectivity index (χ2v) is 13.9. The smallest absolute Gasteiger partial charge is 0.410 e. The molecule has 47 heavy (non-hydrogen) atoms. The van der Waals surface area contributed by atoms with E-state index in [1.54, 1.807) is 0 Å². The first-order valence-corrected chi connectivity index (χ1v) is 17.2. The highest BCUT2D eigenvalue weighted by atomic mass is 32.2. The van der Waals surface area contributed by atoms with E-state index >= 15 is 0 Å². The largest absolute Gasteiger partial charge is 0.453 e. The second kappa shape index (κ2) is 17.8. The van der Waals surface area contributed by atoms with Crippen LogP contribution in [0, 0.1) is 5.92 Å². The topological polar surface area (TPSA) is 176 Å². The number of benzene rings is 3. The van der Waals surface area contributed by atoms with Crippen LogP contribution in [0.15, 0.2) is 89.8 Å². The number of aliphatic hydroxyl groups excluding tert-OH is 2. The van der Waals surface area contributed by atoms with Crippen LogP contribution in [0.3, 0.4) is 0 Å². The van der Waals surface area contributed by atoms with Gasteiger partial charge in [-0.1, -0.05) is 74.5 Å². The Kier molecular flexibility index (Phi) is 14.2. The van der Waals surface area contributed by atoms with Gasteiger partial charge in [0.2, 0.25) is 15.9 Å². The summed E-state index contributed by atoms with van der Waals surface area (Å²) in [7, 11) is -2.80. The van der Waals surface area contributed by atoms with Gasteiger partial charge in [0, 0.05) is 24.2 Å². The summed E-state index contributed by atoms with van der Waals surface area (Å²) in [5.41, 5.74) is 13.7. The summed E-state index contributed by atoms with van der Waals surface area (Å²) in [6, 6.07) is 21.4. The monoisotopic (exact) mass is 668 g/mol. The summed E-state index contributed by atoms with van der Waals surface area (Å²) in [5, 5.41) is 21.0. The Labute approximate surface area is 278 Å². The molecule has 0 aliphatic heterocycles. The third kappa shape index (κ3) is 9.77. The number of amides is 2. The number of anilines is 1. The van der Waals surface area contributed by atoms with Crippen LogP contribution < -0.4 is 11.5 Å². The molecule has 0 heterocycles. The first kappa shape index (κ1) is 37.5. The zero-order chi connectivity index (χ0) is 34.6. The molecule has 0 spiro atoms. The lowest BCUT2D eigenvalue weighted by molar-refractivity contribution is -0.124. The molecule has 3 aromatic rings. The molecule has 0 saturated heterocycles. The fraction of sp³-hybridized carbons (Fsp3) is 0.429. The van der Waals surface area contributed by atoms with Crippen molar-refractivity contribution in [2.24, 2.45) is 11.7 Å². The summed E-state index contributed by atoms with van der Waals surface area (Å²) in [6.45, 7) is 3.21. The summed E-state index contributed by atoms with van der Waals surface area (Å²) < 4.78 is 34.0. The van der Waals surface area contributed by atoms with Crippen molar-refractivity contribution in [2.75, 3.05) is 32.6 Å². The number of nitrogens with two attached hydrogens (primary N) is 2. The first-order chi connectivity index (χ1) is 22.5. The van der Waals surface area contributed by atoms with Crippen LogP contribution in [0.4, 0.5) is 10.5 Å². The number of aliphatic hydroxyl groups is 2. The SMILES string of the molecule is COC(=O)N(C(CO)CCCC(CO)N(CCC(C)C)S(=O)(=O)c1ccc(N)cc1)[C@H](C(N)=O)C(c1ccccc1)c1ccccc1. The van der Waals surface area contributed by atoms with E-state index in [1.165, 1.54) is 40.6 Å². The normalized spacial score (nSPS) is 13.8. The van der Waals surface area contributed by atoms with Crippen LogP contribution in [0.2, 0.25) is 0 Å². The van der Waals surface area contributed by atoms with Gasteiger partial charge in [-0.15, -0.1) is 0 Å². The zero-order valence-electron chi connectivity index (χ0n) is 27.3. The van der Waals surface area contributed by atoms with Crippen LogP contribution in [-0.2, 0) is 19.6 Å². The number of carbonyl (C=O) groups excluding carboxylic acids is 2. The minimum Gasteiger partial charge on any atom is -0.453 e. The number of rotatable bonds is 18. The van der Waals surface area contributed by atoms with E-state index in [1.807, 2.05) is 74.5 Å². The third-order valence-corrected chi connectivity index (χ3v) is 10.3. The number of sulfonamides is 1. The molecule has 3 atom stereocenters. The number of hydrogen-bond acceptors (Lipinski definition) is 8. The number of ether oxygens (including phenoxy) is 1. The molecular weight excluding hydrogens is 620 g/mol. The van der Waals surface area contributed by atoms with Crippen LogP contribution in [0.1, 0.15) is 56.6 Å². The van der Waals surface area contributed by atoms with Crippen LogP contribution in [-0.4, -0.2) is 84.8 Å². The summed E-state index contributed by atoms with van der Waals surface area (Å²) in [5.74, 6) is -1.25. The molecular formula is C35H48N4O7S. The zero-order valence-corrected chi connectivity index (χ0v) is 28.1. The van der Waals surface area contributed by atoms with Crippen molar-refractivity contribution in [1.82, 2.24) is 9.21 Å². The van der Waals surface area contributed by atoms with Gasteiger partial charge in [0.1, 0.15) is 6.04 Å². The van der Waals surface area contributed by atoms with Gasteiger partial charge in [-0.3, -0.25) is 9.69 Å². The van der Waals surface area contributed by atoms with Crippen molar-refractivity contribution in [1.29, 1.82) is 0 Å². The molecule has 0 radical (unpaired) electrons. The number of methoxy groups -OCH3 is 1.